The lowest BCUT2D eigenvalue weighted by Gasteiger charge is -2.09. The highest BCUT2D eigenvalue weighted by atomic mass is 32.1. The first-order chi connectivity index (χ1) is 11.8. The number of hydrogen-bond donors (Lipinski definition) is 0. The molecule has 1 aliphatic rings. The Morgan fingerprint density at radius 3 is 2.46 bits per heavy atom. The smallest absolute Gasteiger partial charge is 0.190 e. The lowest BCUT2D eigenvalue weighted by atomic mass is 10.0. The zero-order valence-corrected chi connectivity index (χ0v) is 15.0. The third-order valence-electron chi connectivity index (χ3n) is 4.60. The highest BCUT2D eigenvalue weighted by molar-refractivity contribution is 7.07. The van der Waals surface area contributed by atoms with Gasteiger partial charge in [-0.3, -0.25) is 0 Å². The summed E-state index contributed by atoms with van der Waals surface area (Å²) >= 11 is 1.71. The molecule has 1 aromatic carbocycles. The summed E-state index contributed by atoms with van der Waals surface area (Å²) in [6.07, 6.45) is 6.21. The van der Waals surface area contributed by atoms with Crippen LogP contribution in [0.25, 0.3) is 11.5 Å². The topological polar surface area (TPSA) is 30.4 Å². The van der Waals surface area contributed by atoms with Gasteiger partial charge in [0.1, 0.15) is 0 Å². The van der Waals surface area contributed by atoms with Crippen LogP contribution < -0.4 is 4.80 Å². The predicted octanol–water partition coefficient (Wildman–Crippen LogP) is 5.50. The summed E-state index contributed by atoms with van der Waals surface area (Å²) in [7, 11) is 0. The summed E-state index contributed by atoms with van der Waals surface area (Å²) in [6, 6.07) is 11.1. The van der Waals surface area contributed by atoms with Crippen LogP contribution in [-0.4, -0.2) is 4.57 Å². The average Bonchev–Trinajstić information content (AvgIpc) is 3.14. The molecule has 2 heterocycles. The molecule has 0 aliphatic heterocycles. The average molecular weight is 338 g/mol. The minimum atomic E-state index is 0.564. The highest BCUT2D eigenvalue weighted by Crippen LogP contribution is 2.38. The number of thiazole rings is 1. The fraction of sp³-hybridized carbons (Fsp3) is 0.350. The van der Waals surface area contributed by atoms with Crippen molar-refractivity contribution in [2.45, 2.75) is 45.6 Å². The number of benzene rings is 1. The molecular formula is C20H22N2OS. The predicted molar refractivity (Wildman–Crippen MR) is 98.7 cm³/mol. The fourth-order valence-corrected chi connectivity index (χ4v) is 4.10. The van der Waals surface area contributed by atoms with Crippen LogP contribution in [0.3, 0.4) is 0 Å². The molecule has 4 rings (SSSR count). The summed E-state index contributed by atoms with van der Waals surface area (Å²) in [6.45, 7) is 4.40. The maximum absolute atomic E-state index is 5.64. The van der Waals surface area contributed by atoms with Gasteiger partial charge in [0.25, 0.3) is 0 Å². The number of aromatic nitrogens is 1. The molecular weight excluding hydrogens is 316 g/mol. The Kier molecular flexibility index (Phi) is 4.15. The normalized spacial score (nSPS) is 15.2. The van der Waals surface area contributed by atoms with Crippen LogP contribution in [0.2, 0.25) is 0 Å². The van der Waals surface area contributed by atoms with Crippen LogP contribution in [0, 0.1) is 0 Å². The molecule has 0 radical (unpaired) electrons. The SMILES string of the molecule is CCc1cccc(CC)c1N=c1scc(-c2ccco2)n1C1CC1. The van der Waals surface area contributed by atoms with Crippen molar-refractivity contribution in [3.05, 3.63) is 57.9 Å². The van der Waals surface area contributed by atoms with Gasteiger partial charge < -0.3 is 8.98 Å². The maximum atomic E-state index is 5.64. The second-order valence-corrected chi connectivity index (χ2v) is 7.06. The van der Waals surface area contributed by atoms with Crippen molar-refractivity contribution in [1.29, 1.82) is 0 Å². The van der Waals surface area contributed by atoms with E-state index < -0.39 is 0 Å². The number of rotatable bonds is 5. The zero-order chi connectivity index (χ0) is 16.5. The first-order valence-electron chi connectivity index (χ1n) is 8.71. The Labute approximate surface area is 146 Å². The summed E-state index contributed by atoms with van der Waals surface area (Å²) in [4.78, 5) is 6.20. The van der Waals surface area contributed by atoms with Crippen molar-refractivity contribution in [1.82, 2.24) is 4.57 Å². The van der Waals surface area contributed by atoms with Crippen molar-refractivity contribution in [3.8, 4) is 11.5 Å². The molecule has 1 fully saturated rings. The van der Waals surface area contributed by atoms with E-state index in [1.54, 1.807) is 17.6 Å². The Balaban J connectivity index is 1.90. The molecule has 0 atom stereocenters. The molecule has 0 unspecified atom stereocenters. The Bertz CT molecular complexity index is 876. The molecule has 3 nitrogen and oxygen atoms in total. The van der Waals surface area contributed by atoms with E-state index in [1.807, 2.05) is 12.1 Å². The largest absolute Gasteiger partial charge is 0.463 e. The monoisotopic (exact) mass is 338 g/mol. The van der Waals surface area contributed by atoms with Crippen molar-refractivity contribution < 1.29 is 4.42 Å². The van der Waals surface area contributed by atoms with Crippen LogP contribution in [-0.2, 0) is 12.8 Å². The zero-order valence-electron chi connectivity index (χ0n) is 14.2. The molecule has 0 N–H and O–H groups in total. The van der Waals surface area contributed by atoms with Gasteiger partial charge in [0.15, 0.2) is 10.6 Å². The Hall–Kier alpha value is -2.07. The Morgan fingerprint density at radius 1 is 1.12 bits per heavy atom. The van der Waals surface area contributed by atoms with Gasteiger partial charge in [-0.2, -0.15) is 0 Å². The molecule has 1 saturated carbocycles. The highest BCUT2D eigenvalue weighted by Gasteiger charge is 2.28. The van der Waals surface area contributed by atoms with Gasteiger partial charge in [-0.05, 0) is 48.9 Å². The van der Waals surface area contributed by atoms with E-state index in [0.717, 1.165) is 34.8 Å². The number of furan rings is 1. The van der Waals surface area contributed by atoms with Crippen molar-refractivity contribution in [2.24, 2.45) is 4.99 Å². The van der Waals surface area contributed by atoms with E-state index in [2.05, 4.69) is 42.0 Å². The van der Waals surface area contributed by atoms with E-state index >= 15 is 0 Å². The van der Waals surface area contributed by atoms with Gasteiger partial charge >= 0.3 is 0 Å². The van der Waals surface area contributed by atoms with Gasteiger partial charge in [0, 0.05) is 11.4 Å². The molecule has 4 heteroatoms. The fourth-order valence-electron chi connectivity index (χ4n) is 3.15. The molecule has 124 valence electrons. The van der Waals surface area contributed by atoms with Crippen LogP contribution in [0.5, 0.6) is 0 Å². The van der Waals surface area contributed by atoms with Crippen LogP contribution in [0.15, 0.2) is 51.4 Å². The molecule has 3 aromatic rings. The second kappa shape index (κ2) is 6.44. The molecule has 1 aliphatic carbocycles. The van der Waals surface area contributed by atoms with Crippen molar-refractivity contribution in [3.63, 3.8) is 0 Å². The first kappa shape index (κ1) is 15.5. The van der Waals surface area contributed by atoms with Gasteiger partial charge in [-0.25, -0.2) is 4.99 Å². The van der Waals surface area contributed by atoms with Gasteiger partial charge in [0.05, 0.1) is 17.6 Å². The molecule has 0 spiro atoms. The van der Waals surface area contributed by atoms with E-state index in [9.17, 15) is 0 Å². The lowest BCUT2D eigenvalue weighted by Crippen LogP contribution is -2.14. The number of nitrogens with zero attached hydrogens (tertiary/aromatic N) is 2. The Morgan fingerprint density at radius 2 is 1.88 bits per heavy atom. The molecule has 0 amide bonds. The molecule has 0 saturated heterocycles. The number of hydrogen-bond acceptors (Lipinski definition) is 3. The summed E-state index contributed by atoms with van der Waals surface area (Å²) in [5, 5.41) is 2.18. The molecule has 24 heavy (non-hydrogen) atoms. The van der Waals surface area contributed by atoms with Crippen LogP contribution in [0.1, 0.15) is 43.9 Å². The minimum Gasteiger partial charge on any atom is -0.463 e. The van der Waals surface area contributed by atoms with Crippen molar-refractivity contribution >= 4 is 17.0 Å². The second-order valence-electron chi connectivity index (χ2n) is 6.23. The van der Waals surface area contributed by atoms with Gasteiger partial charge in [-0.15, -0.1) is 11.3 Å². The molecule has 0 bridgehead atoms. The summed E-state index contributed by atoms with van der Waals surface area (Å²) in [5.41, 5.74) is 4.96. The van der Waals surface area contributed by atoms with Crippen LogP contribution in [0.4, 0.5) is 5.69 Å². The third kappa shape index (κ3) is 2.75. The van der Waals surface area contributed by atoms with Gasteiger partial charge in [0.2, 0.25) is 0 Å². The molecule has 2 aromatic heterocycles. The standard InChI is InChI=1S/C20H22N2OS/c1-3-14-7-5-8-15(4-2)19(14)21-20-22(16-10-11-16)17(13-24-20)18-9-6-12-23-18/h5-9,12-13,16H,3-4,10-11H2,1-2H3. The maximum Gasteiger partial charge on any atom is 0.190 e. The van der Waals surface area contributed by atoms with E-state index in [0.29, 0.717) is 6.04 Å². The van der Waals surface area contributed by atoms with E-state index in [4.69, 9.17) is 9.41 Å². The minimum absolute atomic E-state index is 0.564. The van der Waals surface area contributed by atoms with Crippen molar-refractivity contribution in [2.75, 3.05) is 0 Å². The van der Waals surface area contributed by atoms with Crippen LogP contribution >= 0.6 is 11.3 Å². The third-order valence-corrected chi connectivity index (χ3v) is 5.44. The lowest BCUT2D eigenvalue weighted by molar-refractivity contribution is 0.570. The quantitative estimate of drug-likeness (QED) is 0.604. The number of para-hydroxylation sites is 1. The van der Waals surface area contributed by atoms with E-state index in [-0.39, 0.29) is 0 Å². The number of aryl methyl sites for hydroxylation is 2. The summed E-state index contributed by atoms with van der Waals surface area (Å²) in [5.74, 6) is 0.930. The van der Waals surface area contributed by atoms with Gasteiger partial charge in [-0.1, -0.05) is 32.0 Å². The first-order valence-corrected chi connectivity index (χ1v) is 9.59. The van der Waals surface area contributed by atoms with E-state index in [1.165, 1.54) is 24.0 Å². The summed E-state index contributed by atoms with van der Waals surface area (Å²) < 4.78 is 8.01.